The summed E-state index contributed by atoms with van der Waals surface area (Å²) >= 11 is 0. The molecule has 0 saturated carbocycles. The van der Waals surface area contributed by atoms with E-state index in [9.17, 15) is 14.0 Å². The lowest BCUT2D eigenvalue weighted by Gasteiger charge is -2.12. The molecule has 2 rings (SSSR count). The van der Waals surface area contributed by atoms with E-state index in [4.69, 9.17) is 4.42 Å². The number of rotatable bonds is 2. The number of anilines is 1. The molecule has 0 spiro atoms. The Balaban J connectivity index is 2.70. The molecule has 0 N–H and O–H groups in total. The summed E-state index contributed by atoms with van der Waals surface area (Å²) in [6.07, 6.45) is 0. The first-order valence-corrected chi connectivity index (χ1v) is 4.94. The molecule has 1 aromatic heterocycles. The van der Waals surface area contributed by atoms with Crippen molar-refractivity contribution in [1.29, 1.82) is 0 Å². The zero-order chi connectivity index (χ0) is 12.6. The average Bonchev–Trinajstić information content (AvgIpc) is 2.26. The minimum absolute atomic E-state index is 0.325. The topological polar surface area (TPSA) is 50.5 Å². The zero-order valence-electron chi connectivity index (χ0n) is 9.36. The fourth-order valence-corrected chi connectivity index (χ4v) is 1.52. The predicted octanol–water partition coefficient (Wildman–Crippen LogP) is 1.97. The SMILES string of the molecule is CN(C)c1ccc2cc(C(=O)F)c(=O)oc2c1. The van der Waals surface area contributed by atoms with Crippen LogP contribution in [0.3, 0.4) is 0 Å². The molecule has 2 aromatic rings. The quantitative estimate of drug-likeness (QED) is 0.589. The maximum atomic E-state index is 12.5. The van der Waals surface area contributed by atoms with Crippen LogP contribution in [0.4, 0.5) is 10.1 Å². The van der Waals surface area contributed by atoms with E-state index in [2.05, 4.69) is 0 Å². The minimum Gasteiger partial charge on any atom is -0.422 e. The fourth-order valence-electron chi connectivity index (χ4n) is 1.52. The zero-order valence-corrected chi connectivity index (χ0v) is 9.36. The Morgan fingerprint density at radius 1 is 1.29 bits per heavy atom. The van der Waals surface area contributed by atoms with E-state index in [0.717, 1.165) is 5.69 Å². The Hall–Kier alpha value is -2.17. The molecule has 4 nitrogen and oxygen atoms in total. The molecule has 5 heteroatoms. The van der Waals surface area contributed by atoms with E-state index in [0.29, 0.717) is 11.0 Å². The molecule has 88 valence electrons. The maximum Gasteiger partial charge on any atom is 0.350 e. The van der Waals surface area contributed by atoms with Crippen LogP contribution in [0.5, 0.6) is 0 Å². The van der Waals surface area contributed by atoms with Gasteiger partial charge in [-0.25, -0.2) is 4.79 Å². The van der Waals surface area contributed by atoms with Crippen molar-refractivity contribution < 1.29 is 13.6 Å². The Morgan fingerprint density at radius 3 is 2.59 bits per heavy atom. The predicted molar refractivity (Wildman–Crippen MR) is 62.2 cm³/mol. The molecule has 0 radical (unpaired) electrons. The van der Waals surface area contributed by atoms with Gasteiger partial charge in [-0.05, 0) is 18.2 Å². The van der Waals surface area contributed by atoms with Crippen molar-refractivity contribution >= 4 is 22.7 Å². The third-order valence-electron chi connectivity index (χ3n) is 2.45. The number of hydrogen-bond acceptors (Lipinski definition) is 4. The molecule has 0 bridgehead atoms. The molecule has 0 atom stereocenters. The number of carbonyl (C=O) groups is 1. The highest BCUT2D eigenvalue weighted by Crippen LogP contribution is 2.20. The second-order valence-corrected chi connectivity index (χ2v) is 3.84. The van der Waals surface area contributed by atoms with Gasteiger partial charge in [0.25, 0.3) is 0 Å². The van der Waals surface area contributed by atoms with E-state index in [1.54, 1.807) is 18.2 Å². The van der Waals surface area contributed by atoms with Crippen LogP contribution in [-0.4, -0.2) is 20.1 Å². The van der Waals surface area contributed by atoms with Crippen LogP contribution in [0.25, 0.3) is 11.0 Å². The first kappa shape index (κ1) is 11.3. The monoisotopic (exact) mass is 235 g/mol. The third kappa shape index (κ3) is 2.04. The summed E-state index contributed by atoms with van der Waals surface area (Å²) in [5.74, 6) is 0. The Labute approximate surface area is 96.3 Å². The molecular formula is C12H10FNO3. The van der Waals surface area contributed by atoms with Gasteiger partial charge in [0.15, 0.2) is 0 Å². The van der Waals surface area contributed by atoms with E-state index in [-0.39, 0.29) is 0 Å². The van der Waals surface area contributed by atoms with Gasteiger partial charge in [0, 0.05) is 31.2 Å². The van der Waals surface area contributed by atoms with Gasteiger partial charge < -0.3 is 9.32 Å². The first-order valence-electron chi connectivity index (χ1n) is 4.94. The van der Waals surface area contributed by atoms with Crippen LogP contribution < -0.4 is 10.5 Å². The van der Waals surface area contributed by atoms with Gasteiger partial charge in [-0.15, -0.1) is 0 Å². The molecule has 1 aromatic carbocycles. The Kier molecular flexibility index (Phi) is 2.67. The van der Waals surface area contributed by atoms with Crippen LogP contribution in [0.2, 0.25) is 0 Å². The summed E-state index contributed by atoms with van der Waals surface area (Å²) in [7, 11) is 3.69. The number of halogens is 1. The molecule has 17 heavy (non-hydrogen) atoms. The second-order valence-electron chi connectivity index (χ2n) is 3.84. The van der Waals surface area contributed by atoms with Crippen molar-refractivity contribution in [3.05, 3.63) is 40.2 Å². The van der Waals surface area contributed by atoms with E-state index >= 15 is 0 Å². The van der Waals surface area contributed by atoms with E-state index < -0.39 is 17.2 Å². The standard InChI is InChI=1S/C12H10FNO3/c1-14(2)8-4-3-7-5-9(11(13)15)12(16)17-10(7)6-8/h3-6H,1-2H3. The summed E-state index contributed by atoms with van der Waals surface area (Å²) < 4.78 is 17.4. The van der Waals surface area contributed by atoms with Gasteiger partial charge >= 0.3 is 11.7 Å². The van der Waals surface area contributed by atoms with Gasteiger partial charge in [-0.3, -0.25) is 4.79 Å². The molecule has 0 saturated heterocycles. The minimum atomic E-state index is -1.78. The van der Waals surface area contributed by atoms with Crippen LogP contribution in [0, 0.1) is 0 Å². The lowest BCUT2D eigenvalue weighted by molar-refractivity contribution is 0.0832. The largest absolute Gasteiger partial charge is 0.422 e. The third-order valence-corrected chi connectivity index (χ3v) is 2.45. The van der Waals surface area contributed by atoms with Crippen molar-refractivity contribution in [3.8, 4) is 0 Å². The van der Waals surface area contributed by atoms with Gasteiger partial charge in [0.2, 0.25) is 0 Å². The molecule has 0 aliphatic heterocycles. The molecule has 0 aliphatic carbocycles. The summed E-state index contributed by atoms with van der Waals surface area (Å²) in [5, 5.41) is 0.510. The van der Waals surface area contributed by atoms with E-state index in [1.807, 2.05) is 19.0 Å². The molecular weight excluding hydrogens is 225 g/mol. The van der Waals surface area contributed by atoms with E-state index in [1.165, 1.54) is 6.07 Å². The molecule has 0 aliphatic rings. The number of carbonyl (C=O) groups excluding carboxylic acids is 1. The summed E-state index contributed by atoms with van der Waals surface area (Å²) in [6, 6.07) is 4.53. The summed E-state index contributed by atoms with van der Waals surface area (Å²) in [4.78, 5) is 23.7. The van der Waals surface area contributed by atoms with Crippen LogP contribution in [-0.2, 0) is 0 Å². The van der Waals surface area contributed by atoms with Crippen molar-refractivity contribution in [2.45, 2.75) is 0 Å². The number of nitrogens with zero attached hydrogens (tertiary/aromatic N) is 1. The summed E-state index contributed by atoms with van der Waals surface area (Å²) in [5.41, 5.74) is -0.359. The fraction of sp³-hybridized carbons (Fsp3) is 0.167. The van der Waals surface area contributed by atoms with Gasteiger partial charge in [-0.1, -0.05) is 0 Å². The maximum absolute atomic E-state index is 12.5. The van der Waals surface area contributed by atoms with Crippen LogP contribution in [0.15, 0.2) is 33.5 Å². The highest BCUT2D eigenvalue weighted by atomic mass is 19.1. The number of hydrogen-bond donors (Lipinski definition) is 0. The molecule has 0 unspecified atom stereocenters. The Morgan fingerprint density at radius 2 is 2.00 bits per heavy atom. The molecule has 0 fully saturated rings. The van der Waals surface area contributed by atoms with Crippen molar-refractivity contribution in [1.82, 2.24) is 0 Å². The number of benzene rings is 1. The van der Waals surface area contributed by atoms with Crippen molar-refractivity contribution in [3.63, 3.8) is 0 Å². The normalized spacial score (nSPS) is 10.5. The van der Waals surface area contributed by atoms with Gasteiger partial charge in [0.1, 0.15) is 11.1 Å². The first-order chi connectivity index (χ1) is 7.99. The molecule has 1 heterocycles. The van der Waals surface area contributed by atoms with Crippen LogP contribution >= 0.6 is 0 Å². The Bertz CT molecular complexity index is 646. The van der Waals surface area contributed by atoms with Crippen molar-refractivity contribution in [2.24, 2.45) is 0 Å². The van der Waals surface area contributed by atoms with Gasteiger partial charge in [0.05, 0.1) is 0 Å². The number of fused-ring (bicyclic) bond motifs is 1. The average molecular weight is 235 g/mol. The lowest BCUT2D eigenvalue weighted by atomic mass is 10.1. The van der Waals surface area contributed by atoms with Gasteiger partial charge in [-0.2, -0.15) is 4.39 Å². The highest BCUT2D eigenvalue weighted by molar-refractivity contribution is 5.92. The second kappa shape index (κ2) is 4.01. The smallest absolute Gasteiger partial charge is 0.350 e. The highest BCUT2D eigenvalue weighted by Gasteiger charge is 2.13. The summed E-state index contributed by atoms with van der Waals surface area (Å²) in [6.45, 7) is 0. The lowest BCUT2D eigenvalue weighted by Crippen LogP contribution is -2.11. The van der Waals surface area contributed by atoms with Crippen LogP contribution in [0.1, 0.15) is 10.4 Å². The van der Waals surface area contributed by atoms with Crippen molar-refractivity contribution in [2.75, 3.05) is 19.0 Å². The molecule has 0 amide bonds.